The summed E-state index contributed by atoms with van der Waals surface area (Å²) in [6, 6.07) is 4.56. The Hall–Kier alpha value is -1.75. The molecule has 0 unspecified atom stereocenters. The van der Waals surface area contributed by atoms with Crippen molar-refractivity contribution in [1.29, 1.82) is 0 Å². The molecule has 0 heterocycles. The van der Waals surface area contributed by atoms with Crippen LogP contribution in [-0.4, -0.2) is 23.8 Å². The molecule has 0 aromatic heterocycles. The van der Waals surface area contributed by atoms with E-state index in [1.54, 1.807) is 40.7 Å². The van der Waals surface area contributed by atoms with E-state index in [-0.39, 0.29) is 16.7 Å². The highest BCUT2D eigenvalue weighted by Gasteiger charge is 2.18. The first kappa shape index (κ1) is 17.3. The van der Waals surface area contributed by atoms with Gasteiger partial charge >= 0.3 is 12.1 Å². The van der Waals surface area contributed by atoms with Crippen LogP contribution in [0.15, 0.2) is 18.2 Å². The van der Waals surface area contributed by atoms with Gasteiger partial charge in [0.1, 0.15) is 5.60 Å². The minimum Gasteiger partial charge on any atom is -0.459 e. The molecular formula is C15H20ClNO4. The largest absolute Gasteiger partial charge is 0.459 e. The van der Waals surface area contributed by atoms with Crippen molar-refractivity contribution in [3.8, 4) is 0 Å². The minimum absolute atomic E-state index is 0.193. The normalized spacial score (nSPS) is 11.2. The van der Waals surface area contributed by atoms with Crippen molar-refractivity contribution < 1.29 is 19.1 Å². The first-order valence-corrected chi connectivity index (χ1v) is 6.97. The Morgan fingerprint density at radius 2 is 1.86 bits per heavy atom. The highest BCUT2D eigenvalue weighted by atomic mass is 35.5. The van der Waals surface area contributed by atoms with Crippen LogP contribution in [0.1, 0.15) is 45.0 Å². The summed E-state index contributed by atoms with van der Waals surface area (Å²) in [6.07, 6.45) is -0.857. The summed E-state index contributed by atoms with van der Waals surface area (Å²) in [5.74, 6) is -0.539. The maximum Gasteiger partial charge on any atom is 0.412 e. The standard InChI is InChI=1S/C15H20ClNO4/c1-9(2)20-13(18)11-8-10(6-7-12(11)16)17-14(19)21-15(3,4)5/h6-9H,1-5H3,(H,17,19). The number of halogens is 1. The van der Waals surface area contributed by atoms with E-state index in [1.165, 1.54) is 12.1 Å². The van der Waals surface area contributed by atoms with E-state index in [0.29, 0.717) is 5.69 Å². The Balaban J connectivity index is 2.87. The average molecular weight is 314 g/mol. The van der Waals surface area contributed by atoms with Crippen LogP contribution in [0, 0.1) is 0 Å². The van der Waals surface area contributed by atoms with Gasteiger partial charge in [0, 0.05) is 5.69 Å². The molecular weight excluding hydrogens is 294 g/mol. The van der Waals surface area contributed by atoms with E-state index in [9.17, 15) is 9.59 Å². The van der Waals surface area contributed by atoms with Crippen LogP contribution in [0.2, 0.25) is 5.02 Å². The number of esters is 1. The van der Waals surface area contributed by atoms with Crippen LogP contribution in [0.5, 0.6) is 0 Å². The zero-order valence-electron chi connectivity index (χ0n) is 12.8. The van der Waals surface area contributed by atoms with Crippen molar-refractivity contribution in [2.75, 3.05) is 5.32 Å². The topological polar surface area (TPSA) is 64.6 Å². The molecule has 0 aliphatic heterocycles. The van der Waals surface area contributed by atoms with Gasteiger partial charge in [-0.15, -0.1) is 0 Å². The summed E-state index contributed by atoms with van der Waals surface area (Å²) >= 11 is 5.97. The molecule has 5 nitrogen and oxygen atoms in total. The molecule has 1 amide bonds. The molecule has 1 N–H and O–H groups in total. The van der Waals surface area contributed by atoms with Gasteiger partial charge in [-0.05, 0) is 52.8 Å². The van der Waals surface area contributed by atoms with Gasteiger partial charge in [-0.25, -0.2) is 9.59 Å². The molecule has 1 aromatic carbocycles. The Morgan fingerprint density at radius 3 is 2.38 bits per heavy atom. The second-order valence-corrected chi connectivity index (χ2v) is 6.18. The fourth-order valence-electron chi connectivity index (χ4n) is 1.46. The van der Waals surface area contributed by atoms with Gasteiger partial charge in [0.05, 0.1) is 16.7 Å². The molecule has 0 aliphatic rings. The quantitative estimate of drug-likeness (QED) is 0.847. The SMILES string of the molecule is CC(C)OC(=O)c1cc(NC(=O)OC(C)(C)C)ccc1Cl. The van der Waals surface area contributed by atoms with E-state index < -0.39 is 17.7 Å². The molecule has 0 fully saturated rings. The molecule has 0 atom stereocenters. The summed E-state index contributed by atoms with van der Waals surface area (Å²) in [5, 5.41) is 2.81. The van der Waals surface area contributed by atoms with Crippen LogP contribution >= 0.6 is 11.6 Å². The Bertz CT molecular complexity index is 535. The predicted octanol–water partition coefficient (Wildman–Crippen LogP) is 4.25. The molecule has 1 aromatic rings. The third-order valence-electron chi connectivity index (χ3n) is 2.17. The van der Waals surface area contributed by atoms with Crippen LogP contribution in [0.25, 0.3) is 0 Å². The second kappa shape index (κ2) is 6.80. The Morgan fingerprint density at radius 1 is 1.24 bits per heavy atom. The molecule has 0 bridgehead atoms. The van der Waals surface area contributed by atoms with E-state index in [2.05, 4.69) is 5.32 Å². The van der Waals surface area contributed by atoms with Gasteiger partial charge in [0.2, 0.25) is 0 Å². The monoisotopic (exact) mass is 313 g/mol. The van der Waals surface area contributed by atoms with Gasteiger partial charge in [0.15, 0.2) is 0 Å². The number of anilines is 1. The number of nitrogens with one attached hydrogen (secondary N) is 1. The molecule has 1 rings (SSSR count). The fraction of sp³-hybridized carbons (Fsp3) is 0.467. The van der Waals surface area contributed by atoms with Crippen LogP contribution in [-0.2, 0) is 9.47 Å². The molecule has 0 saturated carbocycles. The van der Waals surface area contributed by atoms with Gasteiger partial charge in [-0.3, -0.25) is 5.32 Å². The number of ether oxygens (including phenoxy) is 2. The zero-order valence-corrected chi connectivity index (χ0v) is 13.6. The summed E-state index contributed by atoms with van der Waals surface area (Å²) in [5.41, 5.74) is -0.00102. The van der Waals surface area contributed by atoms with E-state index in [4.69, 9.17) is 21.1 Å². The minimum atomic E-state index is -0.604. The predicted molar refractivity (Wildman–Crippen MR) is 81.9 cm³/mol. The molecule has 0 spiro atoms. The van der Waals surface area contributed by atoms with E-state index >= 15 is 0 Å². The molecule has 0 radical (unpaired) electrons. The smallest absolute Gasteiger partial charge is 0.412 e. The Labute approximate surface area is 129 Å². The lowest BCUT2D eigenvalue weighted by Gasteiger charge is -2.20. The number of carbonyl (C=O) groups excluding carboxylic acids is 2. The van der Waals surface area contributed by atoms with Crippen LogP contribution in [0.4, 0.5) is 10.5 Å². The number of hydrogen-bond donors (Lipinski definition) is 1. The lowest BCUT2D eigenvalue weighted by molar-refractivity contribution is 0.0377. The highest BCUT2D eigenvalue weighted by molar-refractivity contribution is 6.33. The molecule has 0 aliphatic carbocycles. The Kier molecular flexibility index (Phi) is 5.61. The fourth-order valence-corrected chi connectivity index (χ4v) is 1.65. The van der Waals surface area contributed by atoms with Crippen molar-refractivity contribution in [1.82, 2.24) is 0 Å². The molecule has 116 valence electrons. The first-order valence-electron chi connectivity index (χ1n) is 6.59. The van der Waals surface area contributed by atoms with Crippen LogP contribution in [0.3, 0.4) is 0 Å². The number of rotatable bonds is 3. The molecule has 6 heteroatoms. The molecule has 21 heavy (non-hydrogen) atoms. The maximum absolute atomic E-state index is 11.9. The summed E-state index contributed by atoms with van der Waals surface area (Å²) < 4.78 is 10.2. The van der Waals surface area contributed by atoms with Gasteiger partial charge in [-0.1, -0.05) is 11.6 Å². The van der Waals surface area contributed by atoms with E-state index in [0.717, 1.165) is 0 Å². The summed E-state index contributed by atoms with van der Waals surface area (Å²) in [6.45, 7) is 8.78. The first-order chi connectivity index (χ1) is 9.58. The maximum atomic E-state index is 11.9. The average Bonchev–Trinajstić information content (AvgIpc) is 2.28. The zero-order chi connectivity index (χ0) is 16.2. The van der Waals surface area contributed by atoms with E-state index in [1.807, 2.05) is 0 Å². The van der Waals surface area contributed by atoms with Crippen molar-refractivity contribution in [2.45, 2.75) is 46.3 Å². The lowest BCUT2D eigenvalue weighted by atomic mass is 10.2. The third-order valence-corrected chi connectivity index (χ3v) is 2.50. The summed E-state index contributed by atoms with van der Waals surface area (Å²) in [4.78, 5) is 23.6. The third kappa shape index (κ3) is 6.04. The van der Waals surface area contributed by atoms with Crippen molar-refractivity contribution >= 4 is 29.4 Å². The van der Waals surface area contributed by atoms with Crippen molar-refractivity contribution in [3.63, 3.8) is 0 Å². The number of amides is 1. The van der Waals surface area contributed by atoms with Crippen LogP contribution < -0.4 is 5.32 Å². The van der Waals surface area contributed by atoms with Gasteiger partial charge < -0.3 is 9.47 Å². The highest BCUT2D eigenvalue weighted by Crippen LogP contribution is 2.22. The number of benzene rings is 1. The lowest BCUT2D eigenvalue weighted by Crippen LogP contribution is -2.27. The second-order valence-electron chi connectivity index (χ2n) is 5.78. The van der Waals surface area contributed by atoms with Crippen molar-refractivity contribution in [2.24, 2.45) is 0 Å². The number of carbonyl (C=O) groups is 2. The number of hydrogen-bond acceptors (Lipinski definition) is 4. The summed E-state index contributed by atoms with van der Waals surface area (Å²) in [7, 11) is 0. The van der Waals surface area contributed by atoms with Gasteiger partial charge in [-0.2, -0.15) is 0 Å². The van der Waals surface area contributed by atoms with Crippen molar-refractivity contribution in [3.05, 3.63) is 28.8 Å². The van der Waals surface area contributed by atoms with Gasteiger partial charge in [0.25, 0.3) is 0 Å². The molecule has 0 saturated heterocycles.